The highest BCUT2D eigenvalue weighted by Gasteiger charge is 2.38. The number of carbonyl (C=O) groups excluding carboxylic acids is 1. The van der Waals surface area contributed by atoms with Crippen LogP contribution < -0.4 is 4.90 Å². The predicted octanol–water partition coefficient (Wildman–Crippen LogP) is 7.47. The Labute approximate surface area is 214 Å². The molecule has 0 bridgehead atoms. The fourth-order valence-corrected chi connectivity index (χ4v) is 6.13. The van der Waals surface area contributed by atoms with Gasteiger partial charge in [0.05, 0.1) is 27.8 Å². The zero-order chi connectivity index (χ0) is 25.0. The van der Waals surface area contributed by atoms with Crippen molar-refractivity contribution in [3.05, 3.63) is 64.5 Å². The van der Waals surface area contributed by atoms with Crippen LogP contribution >= 0.6 is 11.6 Å². The Balaban J connectivity index is 1.51. The normalized spacial score (nSPS) is 19.1. The van der Waals surface area contributed by atoms with E-state index in [1.807, 2.05) is 13.8 Å². The fourth-order valence-electron chi connectivity index (χ4n) is 6.01. The first-order valence-electron chi connectivity index (χ1n) is 12.6. The summed E-state index contributed by atoms with van der Waals surface area (Å²) >= 11 is 5.93. The standard InChI is InChI=1S/C28H28ClFN4O2/c1-16-27(17(2)36-32-16)18-8-11-24-23(14-18)31-28(34(24)19-6-4-3-5-7-19)25-12-13-26(35)33(25)20-9-10-21(29)22(30)15-20/h8-11,14-15,19,25H,3-7,12-13H2,1-2H3/t25-/m0/s1. The Hall–Kier alpha value is -3.19. The molecule has 0 spiro atoms. The molecule has 1 aliphatic carbocycles. The minimum Gasteiger partial charge on any atom is -0.361 e. The summed E-state index contributed by atoms with van der Waals surface area (Å²) in [5, 5.41) is 4.16. The summed E-state index contributed by atoms with van der Waals surface area (Å²) in [5.41, 5.74) is 5.31. The Morgan fingerprint density at radius 1 is 1.06 bits per heavy atom. The summed E-state index contributed by atoms with van der Waals surface area (Å²) < 4.78 is 22.1. The molecule has 2 aromatic carbocycles. The number of nitrogens with zero attached hydrogens (tertiary/aromatic N) is 4. The number of anilines is 1. The van der Waals surface area contributed by atoms with Gasteiger partial charge in [0.1, 0.15) is 17.4 Å². The number of imidazole rings is 1. The maximum absolute atomic E-state index is 14.4. The second-order valence-electron chi connectivity index (χ2n) is 9.95. The van der Waals surface area contributed by atoms with Gasteiger partial charge in [-0.15, -0.1) is 0 Å². The molecule has 1 atom stereocenters. The molecule has 186 valence electrons. The molecule has 6 rings (SSSR count). The molecule has 6 nitrogen and oxygen atoms in total. The minimum absolute atomic E-state index is 0.0274. The van der Waals surface area contributed by atoms with Crippen molar-refractivity contribution < 1.29 is 13.7 Å². The van der Waals surface area contributed by atoms with Crippen molar-refractivity contribution in [2.45, 2.75) is 70.9 Å². The number of hydrogen-bond donors (Lipinski definition) is 0. The van der Waals surface area contributed by atoms with Gasteiger partial charge in [-0.2, -0.15) is 0 Å². The number of hydrogen-bond acceptors (Lipinski definition) is 4. The van der Waals surface area contributed by atoms with Crippen molar-refractivity contribution in [1.29, 1.82) is 0 Å². The van der Waals surface area contributed by atoms with Crippen LogP contribution in [0.4, 0.5) is 10.1 Å². The van der Waals surface area contributed by atoms with E-state index in [0.717, 1.165) is 52.3 Å². The molecule has 2 aromatic heterocycles. The molecule has 1 amide bonds. The van der Waals surface area contributed by atoms with Gasteiger partial charge < -0.3 is 14.0 Å². The number of carbonyl (C=O) groups is 1. The van der Waals surface area contributed by atoms with Crippen LogP contribution in [0.5, 0.6) is 0 Å². The number of halogens is 2. The second kappa shape index (κ2) is 9.04. The quantitative estimate of drug-likeness (QED) is 0.288. The molecule has 1 saturated heterocycles. The zero-order valence-electron chi connectivity index (χ0n) is 20.4. The van der Waals surface area contributed by atoms with E-state index in [9.17, 15) is 9.18 Å². The van der Waals surface area contributed by atoms with E-state index < -0.39 is 5.82 Å². The van der Waals surface area contributed by atoms with Gasteiger partial charge in [0, 0.05) is 23.7 Å². The number of benzene rings is 2. The molecular formula is C28H28ClFN4O2. The Morgan fingerprint density at radius 3 is 2.58 bits per heavy atom. The van der Waals surface area contributed by atoms with E-state index in [4.69, 9.17) is 21.1 Å². The number of aryl methyl sites for hydroxylation is 2. The van der Waals surface area contributed by atoms with E-state index in [2.05, 4.69) is 27.9 Å². The van der Waals surface area contributed by atoms with Crippen LogP contribution in [-0.2, 0) is 4.79 Å². The van der Waals surface area contributed by atoms with Crippen LogP contribution in [-0.4, -0.2) is 20.6 Å². The zero-order valence-corrected chi connectivity index (χ0v) is 21.2. The van der Waals surface area contributed by atoms with Crippen molar-refractivity contribution in [2.75, 3.05) is 4.90 Å². The Kier molecular flexibility index (Phi) is 5.83. The SMILES string of the molecule is Cc1noc(C)c1-c1ccc2c(c1)nc([C@@H]1CCC(=O)N1c1ccc(Cl)c(F)c1)n2C1CCCCC1. The van der Waals surface area contributed by atoms with E-state index in [0.29, 0.717) is 24.6 Å². The summed E-state index contributed by atoms with van der Waals surface area (Å²) in [6, 6.07) is 10.9. The van der Waals surface area contributed by atoms with E-state index >= 15 is 0 Å². The maximum atomic E-state index is 14.4. The van der Waals surface area contributed by atoms with Crippen LogP contribution in [0.15, 0.2) is 40.9 Å². The lowest BCUT2D eigenvalue weighted by Crippen LogP contribution is -2.30. The molecule has 36 heavy (non-hydrogen) atoms. The minimum atomic E-state index is -0.530. The van der Waals surface area contributed by atoms with Gasteiger partial charge in [-0.05, 0) is 69.0 Å². The van der Waals surface area contributed by atoms with Gasteiger partial charge in [0.15, 0.2) is 0 Å². The van der Waals surface area contributed by atoms with E-state index in [1.165, 1.54) is 31.4 Å². The lowest BCUT2D eigenvalue weighted by atomic mass is 9.94. The fraction of sp³-hybridized carbons (Fsp3) is 0.393. The first kappa shape index (κ1) is 23.2. The summed E-state index contributed by atoms with van der Waals surface area (Å²) in [6.45, 7) is 3.86. The summed E-state index contributed by atoms with van der Waals surface area (Å²) in [7, 11) is 0. The number of rotatable bonds is 4. The van der Waals surface area contributed by atoms with Crippen molar-refractivity contribution >= 4 is 34.2 Å². The molecule has 1 aliphatic heterocycles. The maximum Gasteiger partial charge on any atom is 0.227 e. The molecule has 3 heterocycles. The summed E-state index contributed by atoms with van der Waals surface area (Å²) in [6.07, 6.45) is 6.80. The molecule has 8 heteroatoms. The smallest absolute Gasteiger partial charge is 0.227 e. The topological polar surface area (TPSA) is 64.2 Å². The number of aromatic nitrogens is 3. The molecule has 2 aliphatic rings. The third-order valence-corrected chi connectivity index (χ3v) is 7.98. The predicted molar refractivity (Wildman–Crippen MR) is 138 cm³/mol. The van der Waals surface area contributed by atoms with E-state index in [-0.39, 0.29) is 17.0 Å². The van der Waals surface area contributed by atoms with Crippen molar-refractivity contribution in [1.82, 2.24) is 14.7 Å². The third kappa shape index (κ3) is 3.81. The molecular weight excluding hydrogens is 479 g/mol. The Bertz CT molecular complexity index is 1450. The van der Waals surface area contributed by atoms with Gasteiger partial charge >= 0.3 is 0 Å². The van der Waals surface area contributed by atoms with Crippen molar-refractivity contribution in [3.8, 4) is 11.1 Å². The highest BCUT2D eigenvalue weighted by molar-refractivity contribution is 6.30. The molecule has 4 aromatic rings. The largest absolute Gasteiger partial charge is 0.361 e. The first-order valence-corrected chi connectivity index (χ1v) is 13.0. The van der Waals surface area contributed by atoms with Gasteiger partial charge in [-0.25, -0.2) is 9.37 Å². The molecule has 0 N–H and O–H groups in total. The highest BCUT2D eigenvalue weighted by atomic mass is 35.5. The highest BCUT2D eigenvalue weighted by Crippen LogP contribution is 2.42. The second-order valence-corrected chi connectivity index (χ2v) is 10.4. The molecule has 0 radical (unpaired) electrons. The first-order chi connectivity index (χ1) is 17.4. The van der Waals surface area contributed by atoms with Crippen LogP contribution in [0.1, 0.15) is 74.3 Å². The number of amides is 1. The number of fused-ring (bicyclic) bond motifs is 1. The summed E-state index contributed by atoms with van der Waals surface area (Å²) in [4.78, 5) is 19.9. The third-order valence-electron chi connectivity index (χ3n) is 7.67. The van der Waals surface area contributed by atoms with Crippen LogP contribution in [0.25, 0.3) is 22.2 Å². The van der Waals surface area contributed by atoms with Crippen molar-refractivity contribution in [2.24, 2.45) is 0 Å². The average Bonchev–Trinajstić information content (AvgIpc) is 3.55. The van der Waals surface area contributed by atoms with Gasteiger partial charge in [0.2, 0.25) is 5.91 Å². The molecule has 1 saturated carbocycles. The van der Waals surface area contributed by atoms with Crippen molar-refractivity contribution in [3.63, 3.8) is 0 Å². The lowest BCUT2D eigenvalue weighted by Gasteiger charge is -2.30. The van der Waals surface area contributed by atoms with Crippen LogP contribution in [0, 0.1) is 19.7 Å². The lowest BCUT2D eigenvalue weighted by molar-refractivity contribution is -0.117. The molecule has 2 fully saturated rings. The summed E-state index contributed by atoms with van der Waals surface area (Å²) in [5.74, 6) is 1.09. The van der Waals surface area contributed by atoms with Gasteiger partial charge in [0.25, 0.3) is 0 Å². The average molecular weight is 507 g/mol. The van der Waals surface area contributed by atoms with Gasteiger partial charge in [-0.3, -0.25) is 4.79 Å². The molecule has 0 unspecified atom stereocenters. The van der Waals surface area contributed by atoms with Gasteiger partial charge in [-0.1, -0.05) is 42.1 Å². The van der Waals surface area contributed by atoms with Crippen LogP contribution in [0.3, 0.4) is 0 Å². The van der Waals surface area contributed by atoms with E-state index in [1.54, 1.807) is 11.0 Å². The monoisotopic (exact) mass is 506 g/mol. The Morgan fingerprint density at radius 2 is 1.86 bits per heavy atom. The van der Waals surface area contributed by atoms with Crippen LogP contribution in [0.2, 0.25) is 5.02 Å².